The zero-order valence-electron chi connectivity index (χ0n) is 24.7. The van der Waals surface area contributed by atoms with Gasteiger partial charge in [-0.3, -0.25) is 14.5 Å². The number of aromatic nitrogens is 2. The van der Waals surface area contributed by atoms with Gasteiger partial charge in [-0.25, -0.2) is 9.78 Å². The Bertz CT molecular complexity index is 1380. The molecule has 3 heterocycles. The summed E-state index contributed by atoms with van der Waals surface area (Å²) in [4.78, 5) is 50.8. The fraction of sp³-hybridized carbons (Fsp3) is 0.656. The van der Waals surface area contributed by atoms with E-state index in [-0.39, 0.29) is 36.2 Å². The number of hydrogen-bond acceptors (Lipinski definition) is 9. The maximum absolute atomic E-state index is 14.2. The Labute approximate surface area is 246 Å². The first kappa shape index (κ1) is 28.8. The van der Waals surface area contributed by atoms with Gasteiger partial charge in [-0.15, -0.1) is 0 Å². The number of nitrogens with zero attached hydrogens (tertiary/aromatic N) is 4. The molecule has 3 unspecified atom stereocenters. The maximum Gasteiger partial charge on any atom is 0.362 e. The highest BCUT2D eigenvalue weighted by Gasteiger charge is 2.45. The van der Waals surface area contributed by atoms with E-state index in [1.165, 1.54) is 59.0 Å². The van der Waals surface area contributed by atoms with Gasteiger partial charge in [0.1, 0.15) is 6.61 Å². The van der Waals surface area contributed by atoms with Crippen molar-refractivity contribution < 1.29 is 23.9 Å². The van der Waals surface area contributed by atoms with Gasteiger partial charge >= 0.3 is 11.9 Å². The van der Waals surface area contributed by atoms with Crippen LogP contribution in [0, 0.1) is 11.8 Å². The molecule has 4 bridgehead atoms. The van der Waals surface area contributed by atoms with Crippen LogP contribution >= 0.6 is 0 Å². The molecule has 0 spiro atoms. The summed E-state index contributed by atoms with van der Waals surface area (Å²) in [6, 6.07) is 9.12. The number of para-hydroxylation sites is 2. The average Bonchev–Trinajstić information content (AvgIpc) is 2.97. The van der Waals surface area contributed by atoms with Gasteiger partial charge in [0, 0.05) is 31.1 Å². The van der Waals surface area contributed by atoms with Gasteiger partial charge in [-0.05, 0) is 68.9 Å². The molecule has 1 aromatic carbocycles. The SMILES string of the molecule is COC(=O)/C(=N\OCCOC(C)=O)c1nc2ccccc2n(C2C[C@H]3CCC[C@@H](C2)N3C2CC3CCCC(C3)C2)c1=O. The highest BCUT2D eigenvalue weighted by atomic mass is 16.6. The van der Waals surface area contributed by atoms with Crippen molar-refractivity contribution in [1.82, 2.24) is 14.5 Å². The van der Waals surface area contributed by atoms with E-state index in [0.29, 0.717) is 23.6 Å². The molecule has 2 aromatic rings. The molecule has 42 heavy (non-hydrogen) atoms. The number of oxime groups is 1. The average molecular weight is 579 g/mol. The number of carbonyl (C=O) groups excluding carboxylic acids is 2. The quantitative estimate of drug-likeness (QED) is 0.196. The van der Waals surface area contributed by atoms with E-state index in [1.807, 2.05) is 28.8 Å². The number of hydrogen-bond donors (Lipinski definition) is 0. The van der Waals surface area contributed by atoms with Gasteiger partial charge in [0.05, 0.1) is 18.1 Å². The molecule has 2 saturated carbocycles. The summed E-state index contributed by atoms with van der Waals surface area (Å²) in [5.41, 5.74) is 0.605. The molecule has 0 radical (unpaired) electrons. The van der Waals surface area contributed by atoms with Crippen LogP contribution in [0.25, 0.3) is 11.0 Å². The van der Waals surface area contributed by atoms with Crippen molar-refractivity contribution in [3.8, 4) is 0 Å². The number of carbonyl (C=O) groups is 2. The summed E-state index contributed by atoms with van der Waals surface area (Å²) in [6.07, 6.45) is 13.6. The van der Waals surface area contributed by atoms with Gasteiger partial charge < -0.3 is 18.9 Å². The standard InChI is InChI=1S/C32H42N4O6/c1-20(37)41-13-14-42-34-30(32(39)40-2)29-31(38)36(28-12-4-3-11-27(28)33-29)26-18-23-9-6-10-24(19-26)35(23)25-16-21-7-5-8-22(15-21)17-25/h3-4,11-12,21-26H,5-10,13-19H2,1-2H3/b34-30-/t21?,22?,23-,24+,25?,26?. The molecule has 10 nitrogen and oxygen atoms in total. The van der Waals surface area contributed by atoms with Gasteiger partial charge in [0.25, 0.3) is 5.56 Å². The molecule has 5 atom stereocenters. The second-order valence-electron chi connectivity index (χ2n) is 12.6. The zero-order chi connectivity index (χ0) is 29.2. The van der Waals surface area contributed by atoms with Crippen molar-refractivity contribution in [2.24, 2.45) is 17.0 Å². The molecule has 2 saturated heterocycles. The maximum atomic E-state index is 14.2. The second-order valence-corrected chi connectivity index (χ2v) is 12.6. The predicted molar refractivity (Wildman–Crippen MR) is 157 cm³/mol. The third-order valence-corrected chi connectivity index (χ3v) is 9.93. The first-order valence-corrected chi connectivity index (χ1v) is 15.6. The van der Waals surface area contributed by atoms with Crippen molar-refractivity contribution in [2.45, 2.75) is 102 Å². The molecule has 0 amide bonds. The van der Waals surface area contributed by atoms with E-state index in [9.17, 15) is 14.4 Å². The van der Waals surface area contributed by atoms with Crippen LogP contribution in [0.3, 0.4) is 0 Å². The molecule has 0 N–H and O–H groups in total. The van der Waals surface area contributed by atoms with Crippen LogP contribution in [0.5, 0.6) is 0 Å². The topological polar surface area (TPSA) is 112 Å². The molecule has 2 aliphatic carbocycles. The lowest BCUT2D eigenvalue weighted by Gasteiger charge is -2.55. The second kappa shape index (κ2) is 12.5. The number of rotatable bonds is 8. The number of benzene rings is 1. The first-order valence-electron chi connectivity index (χ1n) is 15.6. The lowest BCUT2D eigenvalue weighted by Crippen LogP contribution is -2.58. The minimum Gasteiger partial charge on any atom is -0.464 e. The fourth-order valence-electron chi connectivity index (χ4n) is 8.41. The van der Waals surface area contributed by atoms with Gasteiger partial charge in [0.15, 0.2) is 12.3 Å². The lowest BCUT2D eigenvalue weighted by molar-refractivity contribution is -0.142. The third kappa shape index (κ3) is 5.82. The fourth-order valence-corrected chi connectivity index (χ4v) is 8.41. The summed E-state index contributed by atoms with van der Waals surface area (Å²) >= 11 is 0. The van der Waals surface area contributed by atoms with E-state index in [1.54, 1.807) is 0 Å². The number of piperidine rings is 2. The third-order valence-electron chi connectivity index (χ3n) is 9.93. The van der Waals surface area contributed by atoms with Crippen molar-refractivity contribution in [3.63, 3.8) is 0 Å². The lowest BCUT2D eigenvalue weighted by atomic mass is 9.68. The normalized spacial score (nSPS) is 29.6. The smallest absolute Gasteiger partial charge is 0.362 e. The molecular weight excluding hydrogens is 536 g/mol. The Kier molecular flexibility index (Phi) is 8.60. The van der Waals surface area contributed by atoms with E-state index < -0.39 is 11.9 Å². The Morgan fingerprint density at radius 2 is 1.60 bits per heavy atom. The monoisotopic (exact) mass is 578 g/mol. The highest BCUT2D eigenvalue weighted by Crippen LogP contribution is 2.47. The Balaban J connectivity index is 1.32. The van der Waals surface area contributed by atoms with Crippen LogP contribution < -0.4 is 5.56 Å². The molecule has 4 fully saturated rings. The van der Waals surface area contributed by atoms with E-state index in [0.717, 1.165) is 43.0 Å². The zero-order valence-corrected chi connectivity index (χ0v) is 24.7. The molecule has 10 heteroatoms. The summed E-state index contributed by atoms with van der Waals surface area (Å²) in [6.45, 7) is 1.18. The Hall–Kier alpha value is -3.27. The largest absolute Gasteiger partial charge is 0.464 e. The van der Waals surface area contributed by atoms with Crippen LogP contribution in [0.1, 0.15) is 89.3 Å². The number of esters is 2. The van der Waals surface area contributed by atoms with Crippen LogP contribution in [0.2, 0.25) is 0 Å². The minimum absolute atomic E-state index is 0.0115. The number of ether oxygens (including phenoxy) is 2. The summed E-state index contributed by atoms with van der Waals surface area (Å²) < 4.78 is 11.7. The molecule has 4 aliphatic rings. The van der Waals surface area contributed by atoms with Crippen LogP contribution in [-0.2, 0) is 23.9 Å². The van der Waals surface area contributed by atoms with Crippen LogP contribution in [-0.4, -0.2) is 70.6 Å². The highest BCUT2D eigenvalue weighted by molar-refractivity contribution is 6.42. The molecule has 6 rings (SSSR count). The molecular formula is C32H42N4O6. The van der Waals surface area contributed by atoms with Crippen molar-refractivity contribution in [3.05, 3.63) is 40.3 Å². The Morgan fingerprint density at radius 3 is 2.29 bits per heavy atom. The van der Waals surface area contributed by atoms with Crippen molar-refractivity contribution in [2.75, 3.05) is 20.3 Å². The Morgan fingerprint density at radius 1 is 0.905 bits per heavy atom. The number of fused-ring (bicyclic) bond motifs is 5. The van der Waals surface area contributed by atoms with E-state index >= 15 is 0 Å². The summed E-state index contributed by atoms with van der Waals surface area (Å²) in [7, 11) is 1.23. The van der Waals surface area contributed by atoms with Crippen molar-refractivity contribution >= 4 is 28.7 Å². The van der Waals surface area contributed by atoms with E-state index in [2.05, 4.69) is 15.0 Å². The number of methoxy groups -OCH3 is 1. The predicted octanol–water partition coefficient (Wildman–Crippen LogP) is 4.38. The molecule has 226 valence electrons. The van der Waals surface area contributed by atoms with E-state index in [4.69, 9.17) is 14.3 Å². The van der Waals surface area contributed by atoms with Crippen molar-refractivity contribution in [1.29, 1.82) is 0 Å². The van der Waals surface area contributed by atoms with Gasteiger partial charge in [0.2, 0.25) is 5.71 Å². The summed E-state index contributed by atoms with van der Waals surface area (Å²) in [5, 5.41) is 3.94. The first-order chi connectivity index (χ1) is 20.4. The van der Waals surface area contributed by atoms with Gasteiger partial charge in [-0.2, -0.15) is 0 Å². The van der Waals surface area contributed by atoms with Crippen LogP contribution in [0.4, 0.5) is 0 Å². The molecule has 2 aliphatic heterocycles. The summed E-state index contributed by atoms with van der Waals surface area (Å²) in [5.74, 6) is 0.491. The molecule has 1 aromatic heterocycles. The van der Waals surface area contributed by atoms with Crippen LogP contribution in [0.15, 0.2) is 34.2 Å². The minimum atomic E-state index is -0.816. The van der Waals surface area contributed by atoms with Gasteiger partial charge in [-0.1, -0.05) is 43.0 Å².